The molecular formula is C11H6BrFN4. The van der Waals surface area contributed by atoms with Gasteiger partial charge in [-0.25, -0.2) is 14.4 Å². The van der Waals surface area contributed by atoms with Crippen LogP contribution in [0.15, 0.2) is 35.1 Å². The van der Waals surface area contributed by atoms with Gasteiger partial charge in [-0.1, -0.05) is 0 Å². The van der Waals surface area contributed by atoms with Crippen LogP contribution in [0.4, 0.5) is 15.9 Å². The monoisotopic (exact) mass is 292 g/mol. The van der Waals surface area contributed by atoms with Gasteiger partial charge in [0.2, 0.25) is 0 Å². The molecule has 1 aromatic carbocycles. The maximum atomic E-state index is 13.1. The first-order valence-corrected chi connectivity index (χ1v) is 5.43. The largest absolute Gasteiger partial charge is 0.337 e. The highest BCUT2D eigenvalue weighted by Crippen LogP contribution is 2.26. The van der Waals surface area contributed by atoms with Crippen LogP contribution in [0.3, 0.4) is 0 Å². The van der Waals surface area contributed by atoms with Gasteiger partial charge in [0.1, 0.15) is 11.9 Å². The molecule has 0 fully saturated rings. The van der Waals surface area contributed by atoms with Crippen molar-refractivity contribution in [1.29, 1.82) is 5.26 Å². The molecule has 1 heterocycles. The van der Waals surface area contributed by atoms with Crippen molar-refractivity contribution in [2.24, 2.45) is 0 Å². The van der Waals surface area contributed by atoms with Crippen LogP contribution in [0.2, 0.25) is 0 Å². The van der Waals surface area contributed by atoms with Gasteiger partial charge in [0.15, 0.2) is 11.5 Å². The fraction of sp³-hybridized carbons (Fsp3) is 0. The number of hydrogen-bond donors (Lipinski definition) is 1. The van der Waals surface area contributed by atoms with Gasteiger partial charge in [0.05, 0.1) is 5.69 Å². The average Bonchev–Trinajstić information content (AvgIpc) is 2.34. The fourth-order valence-corrected chi connectivity index (χ4v) is 1.58. The number of aromatic nitrogens is 2. The van der Waals surface area contributed by atoms with Crippen molar-refractivity contribution in [3.63, 3.8) is 0 Å². The summed E-state index contributed by atoms with van der Waals surface area (Å²) in [4.78, 5) is 7.83. The number of nitrogens with one attached hydrogen (secondary N) is 1. The lowest BCUT2D eigenvalue weighted by Gasteiger charge is -2.08. The van der Waals surface area contributed by atoms with Crippen LogP contribution >= 0.6 is 15.9 Å². The summed E-state index contributed by atoms with van der Waals surface area (Å²) in [7, 11) is 0. The van der Waals surface area contributed by atoms with Gasteiger partial charge in [-0.2, -0.15) is 5.26 Å². The number of halogens is 2. The Balaban J connectivity index is 2.38. The summed E-state index contributed by atoms with van der Waals surface area (Å²) in [5, 5.41) is 11.7. The second-order valence-corrected chi connectivity index (χ2v) is 3.97. The van der Waals surface area contributed by atoms with Crippen LogP contribution in [0.25, 0.3) is 0 Å². The Hall–Kier alpha value is -2.00. The first kappa shape index (κ1) is 11.5. The Morgan fingerprint density at radius 3 is 2.82 bits per heavy atom. The molecule has 0 saturated heterocycles. The lowest BCUT2D eigenvalue weighted by atomic mass is 10.3. The van der Waals surface area contributed by atoms with Crippen LogP contribution in [0.5, 0.6) is 0 Å². The normalized spacial score (nSPS) is 9.71. The summed E-state index contributed by atoms with van der Waals surface area (Å²) < 4.78 is 13.7. The van der Waals surface area contributed by atoms with E-state index in [4.69, 9.17) is 5.26 Å². The van der Waals surface area contributed by atoms with Crippen molar-refractivity contribution in [2.45, 2.75) is 0 Å². The average molecular weight is 293 g/mol. The molecule has 0 saturated carbocycles. The maximum Gasteiger partial charge on any atom is 0.183 e. The molecule has 17 heavy (non-hydrogen) atoms. The van der Waals surface area contributed by atoms with Crippen molar-refractivity contribution in [1.82, 2.24) is 9.97 Å². The van der Waals surface area contributed by atoms with Crippen LogP contribution in [0, 0.1) is 17.1 Å². The second kappa shape index (κ2) is 4.89. The molecule has 0 atom stereocenters. The number of rotatable bonds is 2. The number of benzene rings is 1. The molecule has 6 heteroatoms. The molecule has 84 valence electrons. The molecule has 4 nitrogen and oxygen atoms in total. The summed E-state index contributed by atoms with van der Waals surface area (Å²) in [6.45, 7) is 0. The van der Waals surface area contributed by atoms with E-state index in [-0.39, 0.29) is 11.5 Å². The van der Waals surface area contributed by atoms with Gasteiger partial charge in [-0.15, -0.1) is 0 Å². The van der Waals surface area contributed by atoms with E-state index in [1.807, 2.05) is 6.07 Å². The quantitative estimate of drug-likeness (QED) is 0.924. The van der Waals surface area contributed by atoms with Crippen molar-refractivity contribution in [2.75, 3.05) is 5.32 Å². The molecule has 2 aromatic rings. The number of hydrogen-bond acceptors (Lipinski definition) is 4. The van der Waals surface area contributed by atoms with Crippen molar-refractivity contribution >= 4 is 27.4 Å². The van der Waals surface area contributed by atoms with Gasteiger partial charge in [-0.3, -0.25) is 0 Å². The van der Waals surface area contributed by atoms with Gasteiger partial charge < -0.3 is 5.32 Å². The highest BCUT2D eigenvalue weighted by atomic mass is 79.9. The first-order chi connectivity index (χ1) is 8.20. The third-order valence-electron chi connectivity index (χ3n) is 1.99. The SMILES string of the molecule is N#Cc1nccnc1Nc1cc(F)ccc1Br. The van der Waals surface area contributed by atoms with Crippen LogP contribution in [0.1, 0.15) is 5.69 Å². The zero-order chi connectivity index (χ0) is 12.3. The Morgan fingerprint density at radius 2 is 2.06 bits per heavy atom. The van der Waals surface area contributed by atoms with E-state index in [0.29, 0.717) is 16.0 Å². The summed E-state index contributed by atoms with van der Waals surface area (Å²) in [6, 6.07) is 6.11. The predicted molar refractivity (Wildman–Crippen MR) is 64.1 cm³/mol. The second-order valence-electron chi connectivity index (χ2n) is 3.11. The van der Waals surface area contributed by atoms with E-state index in [0.717, 1.165) is 0 Å². The molecule has 2 rings (SSSR count). The molecule has 0 unspecified atom stereocenters. The molecule has 1 N–H and O–H groups in total. The minimum atomic E-state index is -0.377. The highest BCUT2D eigenvalue weighted by molar-refractivity contribution is 9.10. The molecule has 0 bridgehead atoms. The maximum absolute atomic E-state index is 13.1. The van der Waals surface area contributed by atoms with E-state index < -0.39 is 0 Å². The van der Waals surface area contributed by atoms with E-state index in [1.165, 1.54) is 24.5 Å². The Morgan fingerprint density at radius 1 is 1.29 bits per heavy atom. The summed E-state index contributed by atoms with van der Waals surface area (Å²) >= 11 is 3.27. The third-order valence-corrected chi connectivity index (χ3v) is 2.68. The Kier molecular flexibility index (Phi) is 3.30. The number of nitrogens with zero attached hydrogens (tertiary/aromatic N) is 3. The van der Waals surface area contributed by atoms with E-state index in [1.54, 1.807) is 6.07 Å². The standard InChI is InChI=1S/C11H6BrFN4/c12-8-2-1-7(13)5-9(8)17-11-10(6-14)15-3-4-16-11/h1-5H,(H,16,17). The Bertz CT molecular complexity index is 594. The predicted octanol–water partition coefficient (Wildman–Crippen LogP) is 2.99. The Labute approximate surface area is 105 Å². The van der Waals surface area contributed by atoms with E-state index >= 15 is 0 Å². The summed E-state index contributed by atoms with van der Waals surface area (Å²) in [6.07, 6.45) is 2.88. The highest BCUT2D eigenvalue weighted by Gasteiger charge is 2.07. The van der Waals surface area contributed by atoms with E-state index in [2.05, 4.69) is 31.2 Å². The van der Waals surface area contributed by atoms with Crippen molar-refractivity contribution in [3.05, 3.63) is 46.6 Å². The van der Waals surface area contributed by atoms with Crippen LogP contribution < -0.4 is 5.32 Å². The third kappa shape index (κ3) is 2.57. The molecule has 0 spiro atoms. The molecule has 0 radical (unpaired) electrons. The van der Waals surface area contributed by atoms with Crippen LogP contribution in [-0.2, 0) is 0 Å². The number of nitriles is 1. The number of anilines is 2. The lowest BCUT2D eigenvalue weighted by Crippen LogP contribution is -1.99. The lowest BCUT2D eigenvalue weighted by molar-refractivity contribution is 0.628. The van der Waals surface area contributed by atoms with Crippen molar-refractivity contribution in [3.8, 4) is 6.07 Å². The zero-order valence-electron chi connectivity index (χ0n) is 8.48. The molecule has 0 aliphatic rings. The summed E-state index contributed by atoms with van der Waals surface area (Å²) in [5.41, 5.74) is 0.644. The van der Waals surface area contributed by atoms with E-state index in [9.17, 15) is 4.39 Å². The molecule has 0 amide bonds. The first-order valence-electron chi connectivity index (χ1n) is 4.64. The molecule has 1 aromatic heterocycles. The smallest absolute Gasteiger partial charge is 0.183 e. The minimum absolute atomic E-state index is 0.156. The van der Waals surface area contributed by atoms with Crippen LogP contribution in [-0.4, -0.2) is 9.97 Å². The molecule has 0 aliphatic carbocycles. The van der Waals surface area contributed by atoms with Gasteiger partial charge in [0, 0.05) is 16.9 Å². The molecular weight excluding hydrogens is 287 g/mol. The zero-order valence-corrected chi connectivity index (χ0v) is 10.1. The van der Waals surface area contributed by atoms with Crippen molar-refractivity contribution < 1.29 is 4.39 Å². The molecule has 0 aliphatic heterocycles. The minimum Gasteiger partial charge on any atom is -0.337 e. The fourth-order valence-electron chi connectivity index (χ4n) is 1.23. The topological polar surface area (TPSA) is 61.6 Å². The van der Waals surface area contributed by atoms with Gasteiger partial charge >= 0.3 is 0 Å². The van der Waals surface area contributed by atoms with Gasteiger partial charge in [0.25, 0.3) is 0 Å². The van der Waals surface area contributed by atoms with Gasteiger partial charge in [-0.05, 0) is 34.1 Å². The summed E-state index contributed by atoms with van der Waals surface area (Å²) in [5.74, 6) is -0.0839.